The molecule has 0 atom stereocenters. The Bertz CT molecular complexity index is 1270. The molecule has 3 aromatic rings. The quantitative estimate of drug-likeness (QED) is 0.343. The van der Waals surface area contributed by atoms with Gasteiger partial charge in [0.15, 0.2) is 11.6 Å². The summed E-state index contributed by atoms with van der Waals surface area (Å²) in [6, 6.07) is 16.7. The molecule has 0 aliphatic heterocycles. The molecular formula is C23H17BN2O6. The number of rotatable bonds is 5. The fraction of sp³-hybridized carbons (Fsp3) is 0.0435. The maximum Gasteiger partial charge on any atom is 0.488 e. The van der Waals surface area contributed by atoms with Crippen LogP contribution in [0.2, 0.25) is 0 Å². The molecule has 0 saturated heterocycles. The standard InChI is InChI=1S/C23H17BN2O6/c27-20(26-15-5-3-4-14(11-15)24(31)32)12-25-23(30)13-8-9-18-19(10-13)22(29)17-7-2-1-6-16(17)21(18)28/h1-11,31-32H,12H2,(H,25,30)(H,26,27). The number of nitrogens with one attached hydrogen (secondary N) is 2. The predicted molar refractivity (Wildman–Crippen MR) is 117 cm³/mol. The van der Waals surface area contributed by atoms with E-state index in [4.69, 9.17) is 0 Å². The van der Waals surface area contributed by atoms with Crippen molar-refractivity contribution >= 4 is 41.6 Å². The molecule has 0 spiro atoms. The third-order valence-corrected chi connectivity index (χ3v) is 5.07. The van der Waals surface area contributed by atoms with Crippen molar-refractivity contribution in [2.24, 2.45) is 0 Å². The van der Waals surface area contributed by atoms with Crippen LogP contribution < -0.4 is 16.1 Å². The molecule has 0 heterocycles. The average Bonchev–Trinajstić information content (AvgIpc) is 2.80. The van der Waals surface area contributed by atoms with Gasteiger partial charge in [0.1, 0.15) is 0 Å². The first-order valence-electron chi connectivity index (χ1n) is 9.72. The molecule has 32 heavy (non-hydrogen) atoms. The largest absolute Gasteiger partial charge is 0.488 e. The minimum Gasteiger partial charge on any atom is -0.423 e. The second kappa shape index (κ2) is 8.58. The molecule has 0 unspecified atom stereocenters. The number of amides is 2. The zero-order chi connectivity index (χ0) is 22.8. The van der Waals surface area contributed by atoms with Crippen LogP contribution >= 0.6 is 0 Å². The molecule has 9 heteroatoms. The maximum atomic E-state index is 12.8. The molecule has 3 aromatic carbocycles. The SMILES string of the molecule is O=C(CNC(=O)c1ccc2c(c1)C(=O)c1ccccc1C2=O)Nc1cccc(B(O)O)c1. The van der Waals surface area contributed by atoms with Crippen LogP contribution in [0.5, 0.6) is 0 Å². The van der Waals surface area contributed by atoms with Gasteiger partial charge in [-0.05, 0) is 35.8 Å². The van der Waals surface area contributed by atoms with Crippen LogP contribution in [-0.2, 0) is 4.79 Å². The van der Waals surface area contributed by atoms with Crippen molar-refractivity contribution in [2.75, 3.05) is 11.9 Å². The molecule has 1 aliphatic rings. The lowest BCUT2D eigenvalue weighted by molar-refractivity contribution is -0.115. The summed E-state index contributed by atoms with van der Waals surface area (Å²) in [5, 5.41) is 23.4. The highest BCUT2D eigenvalue weighted by Crippen LogP contribution is 2.27. The summed E-state index contributed by atoms with van der Waals surface area (Å²) in [5.74, 6) is -1.73. The molecule has 0 bridgehead atoms. The maximum absolute atomic E-state index is 12.8. The fourth-order valence-electron chi connectivity index (χ4n) is 3.49. The zero-order valence-electron chi connectivity index (χ0n) is 16.7. The lowest BCUT2D eigenvalue weighted by Gasteiger charge is -2.18. The van der Waals surface area contributed by atoms with Crippen molar-refractivity contribution in [2.45, 2.75) is 0 Å². The summed E-state index contributed by atoms with van der Waals surface area (Å²) in [6.45, 7) is -0.350. The number of carbonyl (C=O) groups is 4. The van der Waals surface area contributed by atoms with E-state index in [0.717, 1.165) is 0 Å². The summed E-state index contributed by atoms with van der Waals surface area (Å²) in [4.78, 5) is 50.1. The second-order valence-corrected chi connectivity index (χ2v) is 7.19. The third-order valence-electron chi connectivity index (χ3n) is 5.07. The van der Waals surface area contributed by atoms with E-state index in [1.807, 2.05) is 0 Å². The molecule has 158 valence electrons. The van der Waals surface area contributed by atoms with Crippen molar-refractivity contribution in [3.8, 4) is 0 Å². The minimum atomic E-state index is -1.67. The number of hydrogen-bond acceptors (Lipinski definition) is 6. The first kappa shape index (κ1) is 21.2. The summed E-state index contributed by atoms with van der Waals surface area (Å²) < 4.78 is 0. The van der Waals surface area contributed by atoms with Crippen molar-refractivity contribution in [3.05, 3.63) is 94.5 Å². The lowest BCUT2D eigenvalue weighted by atomic mass is 9.80. The summed E-state index contributed by atoms with van der Waals surface area (Å²) in [5.41, 5.74) is 1.68. The van der Waals surface area contributed by atoms with Gasteiger partial charge >= 0.3 is 7.12 Å². The Kier molecular flexibility index (Phi) is 5.68. The van der Waals surface area contributed by atoms with Gasteiger partial charge in [-0.1, -0.05) is 36.4 Å². The number of fused-ring (bicyclic) bond motifs is 2. The van der Waals surface area contributed by atoms with Crippen LogP contribution in [0.1, 0.15) is 42.2 Å². The van der Waals surface area contributed by atoms with Crippen molar-refractivity contribution in [3.63, 3.8) is 0 Å². The van der Waals surface area contributed by atoms with Crippen LogP contribution in [0, 0.1) is 0 Å². The van der Waals surface area contributed by atoms with Crippen molar-refractivity contribution in [1.29, 1.82) is 0 Å². The van der Waals surface area contributed by atoms with Gasteiger partial charge < -0.3 is 20.7 Å². The number of hydrogen-bond donors (Lipinski definition) is 4. The Morgan fingerprint density at radius 3 is 2.12 bits per heavy atom. The van der Waals surface area contributed by atoms with Gasteiger partial charge in [-0.3, -0.25) is 19.2 Å². The van der Waals surface area contributed by atoms with Crippen LogP contribution in [0.25, 0.3) is 0 Å². The summed E-state index contributed by atoms with van der Waals surface area (Å²) in [6.07, 6.45) is 0. The Hall–Kier alpha value is -4.08. The van der Waals surface area contributed by atoms with E-state index in [0.29, 0.717) is 11.3 Å². The monoisotopic (exact) mass is 428 g/mol. The van der Waals surface area contributed by atoms with Crippen LogP contribution in [0.15, 0.2) is 66.7 Å². The van der Waals surface area contributed by atoms with E-state index in [9.17, 15) is 29.2 Å². The van der Waals surface area contributed by atoms with E-state index in [-0.39, 0.29) is 45.8 Å². The molecule has 0 fully saturated rings. The lowest BCUT2D eigenvalue weighted by Crippen LogP contribution is -2.34. The number of benzene rings is 3. The van der Waals surface area contributed by atoms with E-state index in [2.05, 4.69) is 10.6 Å². The van der Waals surface area contributed by atoms with Crippen molar-refractivity contribution < 1.29 is 29.2 Å². The van der Waals surface area contributed by atoms with Gasteiger partial charge in [-0.25, -0.2) is 0 Å². The smallest absolute Gasteiger partial charge is 0.423 e. The first-order chi connectivity index (χ1) is 15.3. The van der Waals surface area contributed by atoms with Crippen LogP contribution in [0.3, 0.4) is 0 Å². The third kappa shape index (κ3) is 4.07. The second-order valence-electron chi connectivity index (χ2n) is 7.19. The number of ketones is 2. The number of carbonyl (C=O) groups excluding carboxylic acids is 4. The molecule has 8 nitrogen and oxygen atoms in total. The highest BCUT2D eigenvalue weighted by Gasteiger charge is 2.29. The Balaban J connectivity index is 1.45. The average molecular weight is 428 g/mol. The molecule has 0 aromatic heterocycles. The van der Waals surface area contributed by atoms with Gasteiger partial charge in [0, 0.05) is 33.5 Å². The molecule has 0 radical (unpaired) electrons. The van der Waals surface area contributed by atoms with Gasteiger partial charge in [0.05, 0.1) is 6.54 Å². The highest BCUT2D eigenvalue weighted by atomic mass is 16.4. The van der Waals surface area contributed by atoms with Crippen LogP contribution in [-0.4, -0.2) is 47.1 Å². The summed E-state index contributed by atoms with van der Waals surface area (Å²) in [7, 11) is -1.67. The topological polar surface area (TPSA) is 133 Å². The fourth-order valence-corrected chi connectivity index (χ4v) is 3.49. The van der Waals surface area contributed by atoms with E-state index >= 15 is 0 Å². The van der Waals surface area contributed by atoms with Crippen molar-refractivity contribution in [1.82, 2.24) is 5.32 Å². The van der Waals surface area contributed by atoms with Crippen LogP contribution in [0.4, 0.5) is 5.69 Å². The van der Waals surface area contributed by atoms with E-state index in [1.165, 1.54) is 30.3 Å². The van der Waals surface area contributed by atoms with Gasteiger partial charge in [-0.2, -0.15) is 0 Å². The Morgan fingerprint density at radius 2 is 1.44 bits per heavy atom. The Morgan fingerprint density at radius 1 is 0.781 bits per heavy atom. The minimum absolute atomic E-state index is 0.141. The van der Waals surface area contributed by atoms with Gasteiger partial charge in [0.2, 0.25) is 5.91 Å². The Labute approximate surface area is 183 Å². The van der Waals surface area contributed by atoms with E-state index in [1.54, 1.807) is 36.4 Å². The van der Waals surface area contributed by atoms with E-state index < -0.39 is 18.9 Å². The first-order valence-corrected chi connectivity index (χ1v) is 9.72. The molecular weight excluding hydrogens is 411 g/mol. The summed E-state index contributed by atoms with van der Waals surface area (Å²) >= 11 is 0. The zero-order valence-corrected chi connectivity index (χ0v) is 16.7. The molecule has 4 N–H and O–H groups in total. The highest BCUT2D eigenvalue weighted by molar-refractivity contribution is 6.58. The van der Waals surface area contributed by atoms with Gasteiger partial charge in [-0.15, -0.1) is 0 Å². The number of anilines is 1. The molecule has 1 aliphatic carbocycles. The predicted octanol–water partition coefficient (Wildman–Crippen LogP) is 0.510. The molecule has 2 amide bonds. The molecule has 0 saturated carbocycles. The molecule has 4 rings (SSSR count). The normalized spacial score (nSPS) is 11.9. The van der Waals surface area contributed by atoms with Gasteiger partial charge in [0.25, 0.3) is 5.91 Å².